The van der Waals surface area contributed by atoms with Gasteiger partial charge in [-0.25, -0.2) is 0 Å². The Kier molecular flexibility index (Phi) is 4.62. The number of halogens is 3. The summed E-state index contributed by atoms with van der Waals surface area (Å²) in [4.78, 5) is 2.02. The summed E-state index contributed by atoms with van der Waals surface area (Å²) in [7, 11) is 0. The van der Waals surface area contributed by atoms with Crippen LogP contribution in [-0.4, -0.2) is 41.4 Å². The highest BCUT2D eigenvalue weighted by Crippen LogP contribution is 2.24. The van der Waals surface area contributed by atoms with Gasteiger partial charge in [-0.15, -0.1) is 0 Å². The number of rotatable bonds is 3. The van der Waals surface area contributed by atoms with Gasteiger partial charge in [0.2, 0.25) is 0 Å². The monoisotopic (exact) mass is 239 g/mol. The molecule has 1 N–H and O–H groups in total. The second-order valence-corrected chi connectivity index (χ2v) is 4.91. The van der Waals surface area contributed by atoms with Gasteiger partial charge in [0.05, 0.1) is 5.60 Å². The molecule has 0 bridgehead atoms. The van der Waals surface area contributed by atoms with Crippen LogP contribution in [0.25, 0.3) is 0 Å². The van der Waals surface area contributed by atoms with Gasteiger partial charge >= 0.3 is 6.18 Å². The van der Waals surface area contributed by atoms with Gasteiger partial charge in [-0.1, -0.05) is 0 Å². The largest absolute Gasteiger partial charge is 0.390 e. The molecule has 0 aliphatic carbocycles. The standard InChI is InChI=1S/C11H20F3NO/c1-10(16)4-2-7-15(9-6-10)8-3-5-11(12,13)14/h16H,2-9H2,1H3. The lowest BCUT2D eigenvalue weighted by atomic mass is 9.98. The Hall–Kier alpha value is -0.290. The molecule has 1 unspecified atom stereocenters. The van der Waals surface area contributed by atoms with Crippen molar-refractivity contribution in [2.45, 2.75) is 50.8 Å². The van der Waals surface area contributed by atoms with Crippen molar-refractivity contribution in [2.75, 3.05) is 19.6 Å². The molecule has 0 aromatic heterocycles. The molecule has 1 rings (SSSR count). The van der Waals surface area contributed by atoms with Gasteiger partial charge in [-0.3, -0.25) is 0 Å². The van der Waals surface area contributed by atoms with Gasteiger partial charge in [0.15, 0.2) is 0 Å². The molecular weight excluding hydrogens is 219 g/mol. The van der Waals surface area contributed by atoms with E-state index in [9.17, 15) is 18.3 Å². The molecule has 5 heteroatoms. The van der Waals surface area contributed by atoms with E-state index in [1.54, 1.807) is 6.92 Å². The minimum atomic E-state index is -4.04. The molecule has 1 aliphatic heterocycles. The lowest BCUT2D eigenvalue weighted by Crippen LogP contribution is -2.29. The minimum Gasteiger partial charge on any atom is -0.390 e. The van der Waals surface area contributed by atoms with E-state index in [4.69, 9.17) is 0 Å². The summed E-state index contributed by atoms with van der Waals surface area (Å²) in [6.07, 6.45) is -2.34. The summed E-state index contributed by atoms with van der Waals surface area (Å²) in [6, 6.07) is 0. The van der Waals surface area contributed by atoms with Crippen LogP contribution in [0.15, 0.2) is 0 Å². The highest BCUT2D eigenvalue weighted by atomic mass is 19.4. The summed E-state index contributed by atoms with van der Waals surface area (Å²) in [5, 5.41) is 9.82. The number of aliphatic hydroxyl groups is 1. The van der Waals surface area contributed by atoms with E-state index in [-0.39, 0.29) is 6.42 Å². The first-order valence-corrected chi connectivity index (χ1v) is 5.80. The van der Waals surface area contributed by atoms with E-state index in [0.29, 0.717) is 19.5 Å². The molecule has 1 aliphatic rings. The van der Waals surface area contributed by atoms with Crippen molar-refractivity contribution in [3.8, 4) is 0 Å². The molecule has 0 radical (unpaired) electrons. The van der Waals surface area contributed by atoms with Crippen molar-refractivity contribution in [2.24, 2.45) is 0 Å². The quantitative estimate of drug-likeness (QED) is 0.818. The summed E-state index contributed by atoms with van der Waals surface area (Å²) in [5.74, 6) is 0. The fraction of sp³-hybridized carbons (Fsp3) is 1.00. The molecule has 1 saturated heterocycles. The fourth-order valence-electron chi connectivity index (χ4n) is 2.05. The van der Waals surface area contributed by atoms with Gasteiger partial charge in [-0.2, -0.15) is 13.2 Å². The number of nitrogens with zero attached hydrogens (tertiary/aromatic N) is 1. The zero-order valence-corrected chi connectivity index (χ0v) is 9.69. The lowest BCUT2D eigenvalue weighted by Gasteiger charge is -2.22. The predicted molar refractivity (Wildman–Crippen MR) is 56.2 cm³/mol. The summed E-state index contributed by atoms with van der Waals surface area (Å²) >= 11 is 0. The Morgan fingerprint density at radius 1 is 1.25 bits per heavy atom. The number of hydrogen-bond donors (Lipinski definition) is 1. The molecule has 96 valence electrons. The third kappa shape index (κ3) is 5.70. The third-order valence-electron chi connectivity index (χ3n) is 3.09. The van der Waals surface area contributed by atoms with Gasteiger partial charge in [0, 0.05) is 13.0 Å². The van der Waals surface area contributed by atoms with E-state index in [1.807, 2.05) is 4.90 Å². The number of hydrogen-bond acceptors (Lipinski definition) is 2. The van der Waals surface area contributed by atoms with Crippen molar-refractivity contribution in [1.29, 1.82) is 0 Å². The Morgan fingerprint density at radius 2 is 1.94 bits per heavy atom. The molecule has 16 heavy (non-hydrogen) atoms. The second-order valence-electron chi connectivity index (χ2n) is 4.91. The maximum atomic E-state index is 12.0. The van der Waals surface area contributed by atoms with E-state index >= 15 is 0 Å². The highest BCUT2D eigenvalue weighted by molar-refractivity contribution is 4.79. The zero-order valence-electron chi connectivity index (χ0n) is 9.69. The summed E-state index contributed by atoms with van der Waals surface area (Å²) in [5.41, 5.74) is -0.640. The Morgan fingerprint density at radius 3 is 2.56 bits per heavy atom. The van der Waals surface area contributed by atoms with Gasteiger partial charge in [0.25, 0.3) is 0 Å². The maximum absolute atomic E-state index is 12.0. The maximum Gasteiger partial charge on any atom is 0.389 e. The van der Waals surface area contributed by atoms with Gasteiger partial charge in [0.1, 0.15) is 0 Å². The van der Waals surface area contributed by atoms with E-state index < -0.39 is 18.2 Å². The van der Waals surface area contributed by atoms with Gasteiger partial charge < -0.3 is 10.0 Å². The molecule has 1 heterocycles. The molecule has 1 fully saturated rings. The van der Waals surface area contributed by atoms with E-state index in [1.165, 1.54) is 0 Å². The van der Waals surface area contributed by atoms with E-state index in [2.05, 4.69) is 0 Å². The molecular formula is C11H20F3NO. The molecule has 0 amide bonds. The Bertz CT molecular complexity index is 216. The number of likely N-dealkylation sites (tertiary alicyclic amines) is 1. The predicted octanol–water partition coefficient (Wildman–Crippen LogP) is 2.57. The first-order chi connectivity index (χ1) is 7.29. The molecule has 2 nitrogen and oxygen atoms in total. The fourth-order valence-corrected chi connectivity index (χ4v) is 2.05. The molecule has 0 spiro atoms. The molecule has 1 atom stereocenters. The van der Waals surface area contributed by atoms with Crippen LogP contribution < -0.4 is 0 Å². The molecule has 0 aromatic carbocycles. The summed E-state index contributed by atoms with van der Waals surface area (Å²) in [6.45, 7) is 3.78. The van der Waals surface area contributed by atoms with Crippen LogP contribution in [0.5, 0.6) is 0 Å². The van der Waals surface area contributed by atoms with Crippen molar-refractivity contribution < 1.29 is 18.3 Å². The van der Waals surface area contributed by atoms with Crippen LogP contribution in [0, 0.1) is 0 Å². The average Bonchev–Trinajstić information content (AvgIpc) is 2.26. The first-order valence-electron chi connectivity index (χ1n) is 5.80. The Balaban J connectivity index is 2.23. The van der Waals surface area contributed by atoms with Crippen molar-refractivity contribution >= 4 is 0 Å². The van der Waals surface area contributed by atoms with Crippen LogP contribution >= 0.6 is 0 Å². The van der Waals surface area contributed by atoms with Crippen LogP contribution in [0.2, 0.25) is 0 Å². The third-order valence-corrected chi connectivity index (χ3v) is 3.09. The SMILES string of the molecule is CC1(O)CCCN(CCCC(F)(F)F)CC1. The number of alkyl halides is 3. The van der Waals surface area contributed by atoms with Crippen molar-refractivity contribution in [3.05, 3.63) is 0 Å². The zero-order chi connectivity index (χ0) is 12.2. The van der Waals surface area contributed by atoms with Crippen molar-refractivity contribution in [1.82, 2.24) is 4.90 Å². The Labute approximate surface area is 94.4 Å². The molecule has 0 saturated carbocycles. The topological polar surface area (TPSA) is 23.5 Å². The molecule has 0 aromatic rings. The van der Waals surface area contributed by atoms with Crippen LogP contribution in [0.4, 0.5) is 13.2 Å². The smallest absolute Gasteiger partial charge is 0.389 e. The normalized spacial score (nSPS) is 29.1. The first kappa shape index (κ1) is 13.8. The van der Waals surface area contributed by atoms with Gasteiger partial charge in [-0.05, 0) is 45.7 Å². The lowest BCUT2D eigenvalue weighted by molar-refractivity contribution is -0.136. The van der Waals surface area contributed by atoms with Crippen LogP contribution in [0.1, 0.15) is 39.0 Å². The minimum absolute atomic E-state index is 0.158. The van der Waals surface area contributed by atoms with Crippen LogP contribution in [-0.2, 0) is 0 Å². The average molecular weight is 239 g/mol. The van der Waals surface area contributed by atoms with E-state index in [0.717, 1.165) is 19.4 Å². The highest BCUT2D eigenvalue weighted by Gasteiger charge is 2.28. The second kappa shape index (κ2) is 5.36. The summed E-state index contributed by atoms with van der Waals surface area (Å²) < 4.78 is 35.9. The van der Waals surface area contributed by atoms with Crippen molar-refractivity contribution in [3.63, 3.8) is 0 Å². The van der Waals surface area contributed by atoms with Crippen LogP contribution in [0.3, 0.4) is 0 Å².